The fourth-order valence-corrected chi connectivity index (χ4v) is 1.78. The minimum absolute atomic E-state index is 0.118. The molecule has 1 amide bonds. The molecule has 2 heterocycles. The highest BCUT2D eigenvalue weighted by molar-refractivity contribution is 6.03. The minimum atomic E-state index is -0.332. The smallest absolute Gasteiger partial charge is 0.257 e. The van der Waals surface area contributed by atoms with Gasteiger partial charge in [-0.3, -0.25) is 14.4 Å². The highest BCUT2D eigenvalue weighted by Gasteiger charge is 2.07. The number of anilines is 1. The summed E-state index contributed by atoms with van der Waals surface area (Å²) >= 11 is 0. The van der Waals surface area contributed by atoms with E-state index in [0.717, 1.165) is 0 Å². The highest BCUT2D eigenvalue weighted by atomic mass is 16.2. The van der Waals surface area contributed by atoms with Gasteiger partial charge in [-0.1, -0.05) is 0 Å². The molecule has 0 bridgehead atoms. The third-order valence-electron chi connectivity index (χ3n) is 2.93. The maximum absolute atomic E-state index is 12.0. The summed E-state index contributed by atoms with van der Waals surface area (Å²) in [5, 5.41) is 2.69. The molecule has 0 aliphatic rings. The molecule has 0 radical (unpaired) electrons. The standard InChI is InChI=1S/C14H15N3O3/c1-3-17-9-11(5-7-13(17)19)15-14(20)10-4-6-12(18)16(2)8-10/h4-9H,3H2,1-2H3,(H,15,20). The average Bonchev–Trinajstić information content (AvgIpc) is 2.43. The van der Waals surface area contributed by atoms with Gasteiger partial charge in [0.1, 0.15) is 0 Å². The fourth-order valence-electron chi connectivity index (χ4n) is 1.78. The lowest BCUT2D eigenvalue weighted by atomic mass is 10.2. The van der Waals surface area contributed by atoms with Crippen molar-refractivity contribution >= 4 is 11.6 Å². The largest absolute Gasteiger partial charge is 0.321 e. The van der Waals surface area contributed by atoms with Gasteiger partial charge in [-0.25, -0.2) is 0 Å². The predicted octanol–water partition coefficient (Wildman–Crippen LogP) is 0.819. The molecule has 6 nitrogen and oxygen atoms in total. The maximum Gasteiger partial charge on any atom is 0.257 e. The number of nitrogens with zero attached hydrogens (tertiary/aromatic N) is 2. The van der Waals surface area contributed by atoms with Gasteiger partial charge in [0.05, 0.1) is 11.3 Å². The summed E-state index contributed by atoms with van der Waals surface area (Å²) in [4.78, 5) is 34.8. The van der Waals surface area contributed by atoms with Crippen LogP contribution >= 0.6 is 0 Å². The number of hydrogen-bond acceptors (Lipinski definition) is 3. The second kappa shape index (κ2) is 5.56. The Morgan fingerprint density at radius 1 is 1.10 bits per heavy atom. The van der Waals surface area contributed by atoms with E-state index in [1.807, 2.05) is 6.92 Å². The first kappa shape index (κ1) is 13.8. The molecule has 1 N–H and O–H groups in total. The van der Waals surface area contributed by atoms with E-state index in [0.29, 0.717) is 17.8 Å². The van der Waals surface area contributed by atoms with Crippen molar-refractivity contribution < 1.29 is 4.79 Å². The Balaban J connectivity index is 2.25. The van der Waals surface area contributed by atoms with E-state index in [9.17, 15) is 14.4 Å². The number of hydrogen-bond donors (Lipinski definition) is 1. The molecular formula is C14H15N3O3. The fraction of sp³-hybridized carbons (Fsp3) is 0.214. The van der Waals surface area contributed by atoms with E-state index in [1.54, 1.807) is 19.3 Å². The van der Waals surface area contributed by atoms with Gasteiger partial charge in [-0.15, -0.1) is 0 Å². The molecule has 104 valence electrons. The second-order valence-corrected chi connectivity index (χ2v) is 4.36. The lowest BCUT2D eigenvalue weighted by Crippen LogP contribution is -2.21. The number of rotatable bonds is 3. The van der Waals surface area contributed by atoms with Crippen LogP contribution in [0.4, 0.5) is 5.69 Å². The zero-order valence-corrected chi connectivity index (χ0v) is 11.3. The molecule has 6 heteroatoms. The molecular weight excluding hydrogens is 258 g/mol. The summed E-state index contributed by atoms with van der Waals surface area (Å²) in [6, 6.07) is 5.75. The molecule has 0 aliphatic carbocycles. The third-order valence-corrected chi connectivity index (χ3v) is 2.93. The normalized spacial score (nSPS) is 10.3. The quantitative estimate of drug-likeness (QED) is 0.899. The van der Waals surface area contributed by atoms with E-state index >= 15 is 0 Å². The second-order valence-electron chi connectivity index (χ2n) is 4.36. The van der Waals surface area contributed by atoms with Crippen molar-refractivity contribution in [3.8, 4) is 0 Å². The molecule has 2 aromatic rings. The lowest BCUT2D eigenvalue weighted by molar-refractivity contribution is 0.102. The Hall–Kier alpha value is -2.63. The first-order valence-corrected chi connectivity index (χ1v) is 6.20. The van der Waals surface area contributed by atoms with Gasteiger partial charge in [-0.05, 0) is 19.1 Å². The molecule has 0 saturated carbocycles. The van der Waals surface area contributed by atoms with Crippen molar-refractivity contribution in [3.63, 3.8) is 0 Å². The Labute approximate surface area is 115 Å². The summed E-state index contributed by atoms with van der Waals surface area (Å²) in [5.74, 6) is -0.332. The predicted molar refractivity (Wildman–Crippen MR) is 76.0 cm³/mol. The monoisotopic (exact) mass is 273 g/mol. The number of carbonyl (C=O) groups excluding carboxylic acids is 1. The molecule has 0 spiro atoms. The first-order chi connectivity index (χ1) is 9.51. The third kappa shape index (κ3) is 2.85. The number of amides is 1. The SMILES string of the molecule is CCn1cc(NC(=O)c2ccc(=O)n(C)c2)ccc1=O. The minimum Gasteiger partial charge on any atom is -0.321 e. The van der Waals surface area contributed by atoms with Crippen LogP contribution in [-0.4, -0.2) is 15.0 Å². The van der Waals surface area contributed by atoms with Gasteiger partial charge in [0, 0.05) is 38.1 Å². The zero-order chi connectivity index (χ0) is 14.7. The van der Waals surface area contributed by atoms with Crippen molar-refractivity contribution in [2.75, 3.05) is 5.32 Å². The van der Waals surface area contributed by atoms with Gasteiger partial charge >= 0.3 is 0 Å². The van der Waals surface area contributed by atoms with Crippen LogP contribution in [0.1, 0.15) is 17.3 Å². The molecule has 2 rings (SSSR count). The van der Waals surface area contributed by atoms with Crippen LogP contribution in [-0.2, 0) is 13.6 Å². The molecule has 0 aromatic carbocycles. The van der Waals surface area contributed by atoms with E-state index in [1.165, 1.54) is 33.5 Å². The molecule has 2 aromatic heterocycles. The number of aryl methyl sites for hydroxylation is 2. The summed E-state index contributed by atoms with van der Waals surface area (Å²) in [5.41, 5.74) is 0.611. The summed E-state index contributed by atoms with van der Waals surface area (Å²) < 4.78 is 2.83. The van der Waals surface area contributed by atoms with Crippen molar-refractivity contribution in [1.29, 1.82) is 0 Å². The van der Waals surface area contributed by atoms with Crippen LogP contribution in [0.2, 0.25) is 0 Å². The Morgan fingerprint density at radius 3 is 2.45 bits per heavy atom. The lowest BCUT2D eigenvalue weighted by Gasteiger charge is -2.08. The number of pyridine rings is 2. The number of aromatic nitrogens is 2. The van der Waals surface area contributed by atoms with Crippen molar-refractivity contribution in [3.05, 3.63) is 62.9 Å². The van der Waals surface area contributed by atoms with Crippen LogP contribution in [0, 0.1) is 0 Å². The first-order valence-electron chi connectivity index (χ1n) is 6.20. The van der Waals surface area contributed by atoms with E-state index < -0.39 is 0 Å². The molecule has 0 fully saturated rings. The Morgan fingerprint density at radius 2 is 1.80 bits per heavy atom. The summed E-state index contributed by atoms with van der Waals surface area (Å²) in [6.45, 7) is 2.38. The van der Waals surface area contributed by atoms with Crippen LogP contribution in [0.15, 0.2) is 46.2 Å². The zero-order valence-electron chi connectivity index (χ0n) is 11.3. The average molecular weight is 273 g/mol. The Kier molecular flexibility index (Phi) is 3.84. The molecule has 0 atom stereocenters. The van der Waals surface area contributed by atoms with Gasteiger partial charge in [0.25, 0.3) is 11.5 Å². The van der Waals surface area contributed by atoms with Gasteiger partial charge in [0.15, 0.2) is 0 Å². The number of carbonyl (C=O) groups is 1. The topological polar surface area (TPSA) is 73.1 Å². The summed E-state index contributed by atoms with van der Waals surface area (Å²) in [6.07, 6.45) is 3.05. The Bertz CT molecular complexity index is 759. The maximum atomic E-state index is 12.0. The highest BCUT2D eigenvalue weighted by Crippen LogP contribution is 2.06. The van der Waals surface area contributed by atoms with Gasteiger partial charge < -0.3 is 14.5 Å². The van der Waals surface area contributed by atoms with Crippen molar-refractivity contribution in [2.45, 2.75) is 13.5 Å². The molecule has 0 unspecified atom stereocenters. The number of nitrogens with one attached hydrogen (secondary N) is 1. The van der Waals surface area contributed by atoms with Gasteiger partial charge in [-0.2, -0.15) is 0 Å². The van der Waals surface area contributed by atoms with E-state index in [2.05, 4.69) is 5.32 Å². The van der Waals surface area contributed by atoms with Crippen molar-refractivity contribution in [1.82, 2.24) is 9.13 Å². The molecule has 0 saturated heterocycles. The van der Waals surface area contributed by atoms with Crippen LogP contribution in [0.25, 0.3) is 0 Å². The van der Waals surface area contributed by atoms with Crippen LogP contribution < -0.4 is 16.4 Å². The molecule has 20 heavy (non-hydrogen) atoms. The van der Waals surface area contributed by atoms with Crippen LogP contribution in [0.5, 0.6) is 0 Å². The van der Waals surface area contributed by atoms with Gasteiger partial charge in [0.2, 0.25) is 5.56 Å². The van der Waals surface area contributed by atoms with E-state index in [-0.39, 0.29) is 17.0 Å². The van der Waals surface area contributed by atoms with Crippen molar-refractivity contribution in [2.24, 2.45) is 7.05 Å². The molecule has 0 aliphatic heterocycles. The summed E-state index contributed by atoms with van der Waals surface area (Å²) in [7, 11) is 1.58. The van der Waals surface area contributed by atoms with E-state index in [4.69, 9.17) is 0 Å². The van der Waals surface area contributed by atoms with Crippen LogP contribution in [0.3, 0.4) is 0 Å².